The van der Waals surface area contributed by atoms with E-state index in [9.17, 15) is 21.9 Å². The highest BCUT2D eigenvalue weighted by molar-refractivity contribution is 9.10. The third-order valence-corrected chi connectivity index (χ3v) is 8.83. The van der Waals surface area contributed by atoms with Gasteiger partial charge in [0.2, 0.25) is 20.0 Å². The summed E-state index contributed by atoms with van der Waals surface area (Å²) >= 11 is 6.34. The van der Waals surface area contributed by atoms with Crippen molar-refractivity contribution in [1.29, 1.82) is 0 Å². The molecule has 0 aliphatic rings. The molecule has 32 heavy (non-hydrogen) atoms. The number of anilines is 1. The van der Waals surface area contributed by atoms with Gasteiger partial charge >= 0.3 is 0 Å². The standard InChI is InChI=1S/C10H15BrN2O2S.C10H14BrNO3S/c1-10(2,3)13-16(14,15)9-6-7(12)4-5-8(9)11;1-10(2,3)12-16(14,15)9-6-7(13)4-5-8(9)11/h4-6,13H,12H2,1-3H3;4-6,12-13H,1-3H3. The van der Waals surface area contributed by atoms with Crippen molar-refractivity contribution in [3.8, 4) is 5.75 Å². The number of sulfonamides is 2. The fraction of sp³-hybridized carbons (Fsp3) is 0.400. The van der Waals surface area contributed by atoms with Crippen LogP contribution in [-0.4, -0.2) is 33.0 Å². The zero-order valence-electron chi connectivity index (χ0n) is 18.7. The van der Waals surface area contributed by atoms with Gasteiger partial charge in [-0.15, -0.1) is 0 Å². The number of rotatable bonds is 4. The van der Waals surface area contributed by atoms with E-state index in [1.54, 1.807) is 53.7 Å². The van der Waals surface area contributed by atoms with Gasteiger partial charge in [0.1, 0.15) is 5.75 Å². The van der Waals surface area contributed by atoms with Crippen LogP contribution in [0.15, 0.2) is 55.1 Å². The Morgan fingerprint density at radius 3 is 1.53 bits per heavy atom. The van der Waals surface area contributed by atoms with Crippen LogP contribution < -0.4 is 15.2 Å². The molecule has 0 radical (unpaired) electrons. The van der Waals surface area contributed by atoms with Crippen LogP contribution in [0.25, 0.3) is 0 Å². The predicted octanol–water partition coefficient (Wildman–Crippen LogP) is 4.34. The summed E-state index contributed by atoms with van der Waals surface area (Å²) in [5.41, 5.74) is 4.90. The number of benzene rings is 2. The zero-order valence-corrected chi connectivity index (χ0v) is 23.5. The van der Waals surface area contributed by atoms with E-state index in [1.165, 1.54) is 24.3 Å². The summed E-state index contributed by atoms with van der Waals surface area (Å²) in [6.07, 6.45) is 0. The van der Waals surface area contributed by atoms with Gasteiger partial charge in [0.15, 0.2) is 0 Å². The highest BCUT2D eigenvalue weighted by Crippen LogP contribution is 2.27. The topological polar surface area (TPSA) is 139 Å². The molecule has 0 saturated carbocycles. The van der Waals surface area contributed by atoms with Gasteiger partial charge in [0.05, 0.1) is 9.79 Å². The van der Waals surface area contributed by atoms with Crippen LogP contribution in [-0.2, 0) is 20.0 Å². The van der Waals surface area contributed by atoms with Crippen molar-refractivity contribution in [3.05, 3.63) is 45.3 Å². The second kappa shape index (κ2) is 10.4. The Labute approximate surface area is 207 Å². The summed E-state index contributed by atoms with van der Waals surface area (Å²) in [6.45, 7) is 10.6. The van der Waals surface area contributed by atoms with Gasteiger partial charge in [-0.1, -0.05) is 0 Å². The second-order valence-electron chi connectivity index (χ2n) is 9.02. The Morgan fingerprint density at radius 2 is 1.12 bits per heavy atom. The van der Waals surface area contributed by atoms with Gasteiger partial charge in [0, 0.05) is 31.8 Å². The van der Waals surface area contributed by atoms with E-state index in [0.717, 1.165) is 0 Å². The quantitative estimate of drug-likeness (QED) is 0.378. The lowest BCUT2D eigenvalue weighted by molar-refractivity contribution is 0.470. The lowest BCUT2D eigenvalue weighted by Gasteiger charge is -2.21. The number of nitrogens with one attached hydrogen (secondary N) is 2. The number of halogens is 2. The third kappa shape index (κ3) is 9.36. The number of nitrogens with two attached hydrogens (primary N) is 1. The number of hydrogen-bond donors (Lipinski definition) is 4. The molecule has 12 heteroatoms. The van der Waals surface area contributed by atoms with Gasteiger partial charge in [-0.05, 0) is 104 Å². The lowest BCUT2D eigenvalue weighted by atomic mass is 10.1. The zero-order chi connectivity index (χ0) is 25.1. The first-order chi connectivity index (χ1) is 14.2. The molecule has 2 aromatic rings. The van der Waals surface area contributed by atoms with E-state index >= 15 is 0 Å². The van der Waals surface area contributed by atoms with Crippen LogP contribution in [0, 0.1) is 0 Å². The van der Waals surface area contributed by atoms with Gasteiger partial charge in [-0.3, -0.25) is 0 Å². The van der Waals surface area contributed by atoms with Crippen molar-refractivity contribution in [2.45, 2.75) is 62.4 Å². The van der Waals surface area contributed by atoms with E-state index in [2.05, 4.69) is 41.3 Å². The molecule has 180 valence electrons. The van der Waals surface area contributed by atoms with Crippen LogP contribution in [0.1, 0.15) is 41.5 Å². The Hall–Kier alpha value is -1.18. The number of hydrogen-bond acceptors (Lipinski definition) is 6. The minimum atomic E-state index is -3.63. The summed E-state index contributed by atoms with van der Waals surface area (Å²) < 4.78 is 54.0. The second-order valence-corrected chi connectivity index (χ2v) is 14.0. The van der Waals surface area contributed by atoms with Crippen molar-refractivity contribution >= 4 is 57.6 Å². The maximum Gasteiger partial charge on any atom is 0.242 e. The van der Waals surface area contributed by atoms with Crippen molar-refractivity contribution in [2.24, 2.45) is 0 Å². The van der Waals surface area contributed by atoms with E-state index in [0.29, 0.717) is 14.6 Å². The normalized spacial score (nSPS) is 12.8. The van der Waals surface area contributed by atoms with Crippen molar-refractivity contribution < 1.29 is 21.9 Å². The molecule has 0 heterocycles. The summed E-state index contributed by atoms with van der Waals surface area (Å²) in [5.74, 6) is -0.0857. The molecule has 0 bridgehead atoms. The van der Waals surface area contributed by atoms with Gasteiger partial charge in [-0.2, -0.15) is 0 Å². The van der Waals surface area contributed by atoms with E-state index in [1.807, 2.05) is 0 Å². The molecule has 0 unspecified atom stereocenters. The Balaban J connectivity index is 0.000000320. The average molecular weight is 615 g/mol. The molecular formula is C20H29Br2N3O5S2. The summed E-state index contributed by atoms with van der Waals surface area (Å²) in [5, 5.41) is 9.29. The van der Waals surface area contributed by atoms with Gasteiger partial charge < -0.3 is 10.8 Å². The smallest absolute Gasteiger partial charge is 0.242 e. The van der Waals surface area contributed by atoms with Crippen LogP contribution in [0.5, 0.6) is 5.75 Å². The third-order valence-electron chi connectivity index (χ3n) is 3.33. The predicted molar refractivity (Wildman–Crippen MR) is 135 cm³/mol. The molecular weight excluding hydrogens is 586 g/mol. The van der Waals surface area contributed by atoms with Crippen LogP contribution in [0.4, 0.5) is 5.69 Å². The largest absolute Gasteiger partial charge is 0.508 e. The van der Waals surface area contributed by atoms with E-state index in [4.69, 9.17) is 5.73 Å². The molecule has 0 saturated heterocycles. The first-order valence-corrected chi connectivity index (χ1v) is 13.9. The van der Waals surface area contributed by atoms with E-state index in [-0.39, 0.29) is 15.5 Å². The minimum Gasteiger partial charge on any atom is -0.508 e. The molecule has 5 N–H and O–H groups in total. The van der Waals surface area contributed by atoms with Gasteiger partial charge in [0.25, 0.3) is 0 Å². The first kappa shape index (κ1) is 28.9. The van der Waals surface area contributed by atoms with Crippen LogP contribution in [0.2, 0.25) is 0 Å². The van der Waals surface area contributed by atoms with Crippen LogP contribution in [0.3, 0.4) is 0 Å². The molecule has 0 spiro atoms. The molecule has 0 aliphatic heterocycles. The van der Waals surface area contributed by atoms with Crippen LogP contribution >= 0.6 is 31.9 Å². The number of phenolic OH excluding ortho intramolecular Hbond substituents is 1. The van der Waals surface area contributed by atoms with Crippen molar-refractivity contribution in [2.75, 3.05) is 5.73 Å². The van der Waals surface area contributed by atoms with Crippen molar-refractivity contribution in [1.82, 2.24) is 9.44 Å². The molecule has 0 aliphatic carbocycles. The summed E-state index contributed by atoms with van der Waals surface area (Å²) in [6, 6.07) is 8.80. The molecule has 0 fully saturated rings. The number of nitrogen functional groups attached to an aromatic ring is 1. The maximum absolute atomic E-state index is 12.0. The first-order valence-electron chi connectivity index (χ1n) is 9.35. The minimum absolute atomic E-state index is 0.0300. The average Bonchev–Trinajstić information content (AvgIpc) is 2.55. The summed E-state index contributed by atoms with van der Waals surface area (Å²) in [4.78, 5) is 0.185. The highest BCUT2D eigenvalue weighted by Gasteiger charge is 2.25. The Bertz CT molecular complexity index is 1080. The maximum atomic E-state index is 12.0. The number of aromatic hydroxyl groups is 1. The van der Waals surface area contributed by atoms with Gasteiger partial charge in [-0.25, -0.2) is 26.3 Å². The SMILES string of the molecule is CC(C)(C)NS(=O)(=O)c1cc(N)ccc1Br.CC(C)(C)NS(=O)(=O)c1cc(O)ccc1Br. The monoisotopic (exact) mass is 613 g/mol. The number of phenols is 1. The molecule has 0 amide bonds. The Morgan fingerprint density at radius 1 is 0.750 bits per heavy atom. The fourth-order valence-electron chi connectivity index (χ4n) is 2.34. The fourth-order valence-corrected chi connectivity index (χ4v) is 7.16. The highest BCUT2D eigenvalue weighted by atomic mass is 79.9. The molecule has 0 atom stereocenters. The lowest BCUT2D eigenvalue weighted by Crippen LogP contribution is -2.40. The Kier molecular flexibility index (Phi) is 9.37. The molecule has 8 nitrogen and oxygen atoms in total. The molecule has 0 aromatic heterocycles. The van der Waals surface area contributed by atoms with Crippen molar-refractivity contribution in [3.63, 3.8) is 0 Å². The molecule has 2 aromatic carbocycles. The summed E-state index contributed by atoms with van der Waals surface area (Å²) in [7, 11) is -7.18. The molecule has 2 rings (SSSR count). The van der Waals surface area contributed by atoms with E-state index < -0.39 is 31.1 Å².